The molecule has 1 amide bonds. The van der Waals surface area contributed by atoms with Gasteiger partial charge in [-0.3, -0.25) is 14.6 Å². The number of carbonyl (C=O) groups is 1. The topological polar surface area (TPSA) is 102 Å². The van der Waals surface area contributed by atoms with Crippen molar-refractivity contribution < 1.29 is 15.0 Å². The van der Waals surface area contributed by atoms with Gasteiger partial charge in [0.05, 0.1) is 12.1 Å². The van der Waals surface area contributed by atoms with Crippen molar-refractivity contribution in [2.75, 3.05) is 6.61 Å². The molecule has 0 radical (unpaired) electrons. The smallest absolute Gasteiger partial charge is 0.251 e. The third kappa shape index (κ3) is 3.95. The molecule has 0 atom stereocenters. The number of amides is 1. The lowest BCUT2D eigenvalue weighted by Gasteiger charge is -2.04. The second-order valence-electron chi connectivity index (χ2n) is 4.02. The van der Waals surface area contributed by atoms with Crippen molar-refractivity contribution in [2.45, 2.75) is 6.54 Å². The monoisotopic (exact) mass is 304 g/mol. The standard InChI is InChI=1S/C14H12N2O4S/c17-4-1-2-9-3-5-21-11(9)8-15-14(20)10-6-12(18)16-13(19)7-10/h3,5-7,17H,4,8H2,(H,15,20)(H2,16,18,19). The van der Waals surface area contributed by atoms with Crippen LogP contribution < -0.4 is 10.9 Å². The third-order valence-corrected chi connectivity index (χ3v) is 3.47. The summed E-state index contributed by atoms with van der Waals surface area (Å²) in [4.78, 5) is 26.1. The number of thiophene rings is 1. The number of hydrogen-bond donors (Lipinski definition) is 4. The van der Waals surface area contributed by atoms with E-state index in [1.54, 1.807) is 6.07 Å². The van der Waals surface area contributed by atoms with Crippen LogP contribution >= 0.6 is 11.3 Å². The summed E-state index contributed by atoms with van der Waals surface area (Å²) >= 11 is 1.43. The maximum Gasteiger partial charge on any atom is 0.251 e. The van der Waals surface area contributed by atoms with Crippen molar-refractivity contribution >= 4 is 17.2 Å². The van der Waals surface area contributed by atoms with Gasteiger partial charge in [0.2, 0.25) is 0 Å². The fourth-order valence-electron chi connectivity index (χ4n) is 1.65. The van der Waals surface area contributed by atoms with Gasteiger partial charge in [0.15, 0.2) is 5.88 Å². The lowest BCUT2D eigenvalue weighted by molar-refractivity contribution is 0.0950. The van der Waals surface area contributed by atoms with Gasteiger partial charge >= 0.3 is 0 Å². The van der Waals surface area contributed by atoms with E-state index in [-0.39, 0.29) is 24.6 Å². The summed E-state index contributed by atoms with van der Waals surface area (Å²) in [7, 11) is 0. The van der Waals surface area contributed by atoms with Crippen molar-refractivity contribution in [2.24, 2.45) is 0 Å². The molecule has 2 rings (SSSR count). The fraction of sp³-hybridized carbons (Fsp3) is 0.143. The minimum absolute atomic E-state index is 0.0794. The molecule has 21 heavy (non-hydrogen) atoms. The Balaban J connectivity index is 2.08. The van der Waals surface area contributed by atoms with E-state index in [1.807, 2.05) is 5.38 Å². The number of aromatic amines is 1. The highest BCUT2D eigenvalue weighted by molar-refractivity contribution is 7.10. The van der Waals surface area contributed by atoms with Crippen LogP contribution in [-0.2, 0) is 6.54 Å². The SMILES string of the molecule is O=C(NCc1sccc1C#CCO)c1cc(O)[nH]c(=O)c1. The highest BCUT2D eigenvalue weighted by Gasteiger charge is 2.09. The number of hydrogen-bond acceptors (Lipinski definition) is 5. The zero-order valence-corrected chi connectivity index (χ0v) is 11.7. The summed E-state index contributed by atoms with van der Waals surface area (Å²) in [5, 5.41) is 22.4. The Morgan fingerprint density at radius 2 is 2.24 bits per heavy atom. The van der Waals surface area contributed by atoms with Crippen LogP contribution in [0.25, 0.3) is 0 Å². The zero-order chi connectivity index (χ0) is 15.2. The van der Waals surface area contributed by atoms with E-state index < -0.39 is 11.5 Å². The van der Waals surface area contributed by atoms with E-state index in [4.69, 9.17) is 5.11 Å². The molecule has 0 fully saturated rings. The molecule has 4 N–H and O–H groups in total. The maximum absolute atomic E-state index is 11.9. The molecule has 2 aromatic rings. The molecule has 0 bridgehead atoms. The highest BCUT2D eigenvalue weighted by Crippen LogP contribution is 2.15. The number of aromatic hydroxyl groups is 1. The minimum Gasteiger partial charge on any atom is -0.494 e. The van der Waals surface area contributed by atoms with E-state index >= 15 is 0 Å². The van der Waals surface area contributed by atoms with E-state index in [0.29, 0.717) is 0 Å². The van der Waals surface area contributed by atoms with Crippen LogP contribution in [0.4, 0.5) is 0 Å². The molecule has 0 saturated heterocycles. The molecule has 0 unspecified atom stereocenters. The van der Waals surface area contributed by atoms with Crippen molar-refractivity contribution in [1.29, 1.82) is 0 Å². The van der Waals surface area contributed by atoms with Crippen LogP contribution in [0.5, 0.6) is 5.88 Å². The number of H-pyrrole nitrogens is 1. The molecule has 0 aliphatic carbocycles. The van der Waals surface area contributed by atoms with E-state index in [0.717, 1.165) is 16.5 Å². The average molecular weight is 304 g/mol. The summed E-state index contributed by atoms with van der Waals surface area (Å²) in [6.45, 7) is 0.0210. The minimum atomic E-state index is -0.550. The molecule has 0 saturated carbocycles. The van der Waals surface area contributed by atoms with Crippen LogP contribution in [0.15, 0.2) is 28.4 Å². The first-order chi connectivity index (χ1) is 10.1. The number of pyridine rings is 1. The van der Waals surface area contributed by atoms with Gasteiger partial charge in [-0.15, -0.1) is 11.3 Å². The van der Waals surface area contributed by atoms with Crippen molar-refractivity contribution in [3.63, 3.8) is 0 Å². The van der Waals surface area contributed by atoms with Gasteiger partial charge in [-0.1, -0.05) is 11.8 Å². The zero-order valence-electron chi connectivity index (χ0n) is 10.8. The average Bonchev–Trinajstić information content (AvgIpc) is 2.88. The van der Waals surface area contributed by atoms with Gasteiger partial charge in [-0.25, -0.2) is 0 Å². The normalized spacial score (nSPS) is 9.76. The lowest BCUT2D eigenvalue weighted by Crippen LogP contribution is -2.24. The number of aromatic nitrogens is 1. The molecular weight excluding hydrogens is 292 g/mol. The molecule has 7 heteroatoms. The van der Waals surface area contributed by atoms with Crippen molar-refractivity contribution in [3.8, 4) is 17.7 Å². The third-order valence-electron chi connectivity index (χ3n) is 2.55. The second kappa shape index (κ2) is 6.74. The molecule has 0 aromatic carbocycles. The summed E-state index contributed by atoms with van der Waals surface area (Å²) in [6, 6.07) is 4.08. The first-order valence-corrected chi connectivity index (χ1v) is 6.85. The Bertz CT molecular complexity index is 767. The van der Waals surface area contributed by atoms with Gasteiger partial charge in [0.1, 0.15) is 6.61 Å². The number of aliphatic hydroxyl groups is 1. The predicted octanol–water partition coefficient (Wildman–Crippen LogP) is 0.416. The molecule has 0 aliphatic rings. The summed E-state index contributed by atoms with van der Waals surface area (Å²) in [5.74, 6) is 4.51. The molecule has 6 nitrogen and oxygen atoms in total. The van der Waals surface area contributed by atoms with Crippen molar-refractivity contribution in [1.82, 2.24) is 10.3 Å². The van der Waals surface area contributed by atoms with Crippen LogP contribution in [0.2, 0.25) is 0 Å². The van der Waals surface area contributed by atoms with Crippen LogP contribution in [-0.4, -0.2) is 27.7 Å². The Morgan fingerprint density at radius 1 is 1.43 bits per heavy atom. The molecular formula is C14H12N2O4S. The molecule has 0 spiro atoms. The number of carbonyl (C=O) groups excluding carboxylic acids is 1. The van der Waals surface area contributed by atoms with Gasteiger partial charge in [-0.05, 0) is 11.4 Å². The molecule has 2 heterocycles. The van der Waals surface area contributed by atoms with Gasteiger partial charge in [-0.2, -0.15) is 0 Å². The second-order valence-corrected chi connectivity index (χ2v) is 5.02. The van der Waals surface area contributed by atoms with Crippen LogP contribution in [0, 0.1) is 11.8 Å². The first-order valence-electron chi connectivity index (χ1n) is 5.98. The van der Waals surface area contributed by atoms with Crippen molar-refractivity contribution in [3.05, 3.63) is 49.9 Å². The summed E-state index contributed by atoms with van der Waals surface area (Å²) < 4.78 is 0. The Hall–Kier alpha value is -2.56. The summed E-state index contributed by atoms with van der Waals surface area (Å²) in [6.07, 6.45) is 0. The Morgan fingerprint density at radius 3 is 2.95 bits per heavy atom. The molecule has 0 aliphatic heterocycles. The largest absolute Gasteiger partial charge is 0.494 e. The molecule has 2 aromatic heterocycles. The van der Waals surface area contributed by atoms with Gasteiger partial charge in [0, 0.05) is 22.6 Å². The van der Waals surface area contributed by atoms with Crippen LogP contribution in [0.3, 0.4) is 0 Å². The van der Waals surface area contributed by atoms with Crippen LogP contribution in [0.1, 0.15) is 20.8 Å². The summed E-state index contributed by atoms with van der Waals surface area (Å²) in [5.41, 5.74) is 0.268. The number of nitrogens with one attached hydrogen (secondary N) is 2. The van der Waals surface area contributed by atoms with Gasteiger partial charge in [0.25, 0.3) is 11.5 Å². The highest BCUT2D eigenvalue weighted by atomic mass is 32.1. The first kappa shape index (κ1) is 14.8. The number of rotatable bonds is 3. The molecule has 108 valence electrons. The van der Waals surface area contributed by atoms with E-state index in [1.165, 1.54) is 17.4 Å². The Kier molecular flexibility index (Phi) is 4.77. The Labute approximate surface area is 124 Å². The maximum atomic E-state index is 11.9. The van der Waals surface area contributed by atoms with E-state index in [9.17, 15) is 14.7 Å². The number of aliphatic hydroxyl groups excluding tert-OH is 1. The lowest BCUT2D eigenvalue weighted by atomic mass is 10.2. The fourth-order valence-corrected chi connectivity index (χ4v) is 2.42. The van der Waals surface area contributed by atoms with E-state index in [2.05, 4.69) is 22.1 Å². The van der Waals surface area contributed by atoms with Gasteiger partial charge < -0.3 is 15.5 Å². The predicted molar refractivity (Wildman–Crippen MR) is 78.2 cm³/mol. The quantitative estimate of drug-likeness (QED) is 0.617.